The first kappa shape index (κ1) is 19.9. The number of benzene rings is 2. The van der Waals surface area contributed by atoms with Gasteiger partial charge in [0.2, 0.25) is 0 Å². The molecule has 136 valence electrons. The van der Waals surface area contributed by atoms with Gasteiger partial charge in [-0.25, -0.2) is 0 Å². The van der Waals surface area contributed by atoms with E-state index >= 15 is 0 Å². The molecule has 2 atom stereocenters. The monoisotopic (exact) mass is 360 g/mol. The van der Waals surface area contributed by atoms with Gasteiger partial charge in [-0.05, 0) is 17.5 Å². The second kappa shape index (κ2) is 9.35. The van der Waals surface area contributed by atoms with Gasteiger partial charge in [-0.3, -0.25) is 4.90 Å². The molecule has 3 rings (SSSR count). The van der Waals surface area contributed by atoms with Gasteiger partial charge in [-0.1, -0.05) is 67.6 Å². The number of hydrogen-bond donors (Lipinski definition) is 1. The van der Waals surface area contributed by atoms with Crippen molar-refractivity contribution < 1.29 is 22.3 Å². The van der Waals surface area contributed by atoms with Crippen LogP contribution >= 0.6 is 0 Å². The molecule has 1 saturated heterocycles. The fraction of sp³-hybridized carbons (Fsp3) is 0.429. The summed E-state index contributed by atoms with van der Waals surface area (Å²) in [6.45, 7) is 6.32. The first-order valence-electron chi connectivity index (χ1n) is 8.87. The van der Waals surface area contributed by atoms with Crippen LogP contribution in [0.5, 0.6) is 0 Å². The Kier molecular flexibility index (Phi) is 7.45. The zero-order valence-corrected chi connectivity index (χ0v) is 15.5. The van der Waals surface area contributed by atoms with Crippen LogP contribution in [0.4, 0.5) is 0 Å². The summed E-state index contributed by atoms with van der Waals surface area (Å²) in [5, 5.41) is 11.7. The Morgan fingerprint density at radius 2 is 1.56 bits per heavy atom. The molecule has 3 nitrogen and oxygen atoms in total. The van der Waals surface area contributed by atoms with Gasteiger partial charge < -0.3 is 22.3 Å². The van der Waals surface area contributed by atoms with Crippen molar-refractivity contribution >= 4 is 0 Å². The molecule has 0 aromatic heterocycles. The predicted octanol–water partition coefficient (Wildman–Crippen LogP) is 0.404. The summed E-state index contributed by atoms with van der Waals surface area (Å²) in [5.74, 6) is 0.0317. The number of rotatable bonds is 6. The van der Waals surface area contributed by atoms with Crippen molar-refractivity contribution in [3.05, 3.63) is 71.8 Å². The van der Waals surface area contributed by atoms with Crippen LogP contribution < -0.4 is 12.4 Å². The quantitative estimate of drug-likeness (QED) is 0.809. The summed E-state index contributed by atoms with van der Waals surface area (Å²) in [7, 11) is 0. The lowest BCUT2D eigenvalue weighted by Crippen LogP contribution is -3.00. The average molecular weight is 361 g/mol. The SMILES string of the molecule is CCC(O)(c1ccccc1)C(CN1CCOCC1)c1ccccc1.[Cl-]. The van der Waals surface area contributed by atoms with Crippen LogP contribution in [-0.4, -0.2) is 42.9 Å². The minimum absolute atomic E-state index is 0. The average Bonchev–Trinajstić information content (AvgIpc) is 2.68. The standard InChI is InChI=1S/C21H27NO2.ClH/c1-2-21(23,19-11-7-4-8-12-19)20(18-9-5-3-6-10-18)17-22-13-15-24-16-14-22;/h3-12,20,23H,2,13-17H2,1H3;1H/p-1. The van der Waals surface area contributed by atoms with Gasteiger partial charge in [0.15, 0.2) is 0 Å². The first-order chi connectivity index (χ1) is 11.7. The maximum Gasteiger partial charge on any atom is 0.0974 e. The van der Waals surface area contributed by atoms with E-state index in [0.29, 0.717) is 6.42 Å². The molecule has 0 radical (unpaired) electrons. The Morgan fingerprint density at radius 1 is 1.00 bits per heavy atom. The summed E-state index contributed by atoms with van der Waals surface area (Å²) >= 11 is 0. The highest BCUT2D eigenvalue weighted by atomic mass is 35.5. The molecule has 0 amide bonds. The van der Waals surface area contributed by atoms with Gasteiger partial charge in [0.25, 0.3) is 0 Å². The fourth-order valence-electron chi connectivity index (χ4n) is 3.64. The zero-order chi connectivity index (χ0) is 16.8. The van der Waals surface area contributed by atoms with Crippen LogP contribution in [-0.2, 0) is 10.3 Å². The molecule has 0 bridgehead atoms. The van der Waals surface area contributed by atoms with Crippen LogP contribution in [0.1, 0.15) is 30.4 Å². The van der Waals surface area contributed by atoms with Crippen molar-refractivity contribution in [1.82, 2.24) is 4.90 Å². The van der Waals surface area contributed by atoms with Crippen molar-refractivity contribution in [1.29, 1.82) is 0 Å². The second-order valence-corrected chi connectivity index (χ2v) is 6.52. The van der Waals surface area contributed by atoms with Gasteiger partial charge in [-0.2, -0.15) is 0 Å². The molecular weight excluding hydrogens is 334 g/mol. The Labute approximate surface area is 157 Å². The maximum atomic E-state index is 11.7. The topological polar surface area (TPSA) is 32.7 Å². The first-order valence-corrected chi connectivity index (χ1v) is 8.87. The fourth-order valence-corrected chi connectivity index (χ4v) is 3.64. The molecule has 1 N–H and O–H groups in total. The van der Waals surface area contributed by atoms with E-state index in [-0.39, 0.29) is 18.3 Å². The molecule has 2 aromatic carbocycles. The molecule has 2 aromatic rings. The molecular formula is C21H27ClNO2-. The van der Waals surface area contributed by atoms with Gasteiger partial charge in [0, 0.05) is 25.6 Å². The molecule has 0 spiro atoms. The van der Waals surface area contributed by atoms with E-state index in [1.54, 1.807) is 0 Å². The molecule has 1 aliphatic heterocycles. The highest BCUT2D eigenvalue weighted by Gasteiger charge is 2.38. The number of nitrogens with zero attached hydrogens (tertiary/aromatic N) is 1. The third kappa shape index (κ3) is 4.62. The van der Waals surface area contributed by atoms with E-state index in [0.717, 1.165) is 38.4 Å². The number of halogens is 1. The van der Waals surface area contributed by atoms with Crippen LogP contribution in [0.25, 0.3) is 0 Å². The van der Waals surface area contributed by atoms with E-state index in [1.165, 1.54) is 5.56 Å². The number of hydrogen-bond acceptors (Lipinski definition) is 3. The number of aliphatic hydroxyl groups is 1. The number of morpholine rings is 1. The van der Waals surface area contributed by atoms with Crippen molar-refractivity contribution in [2.45, 2.75) is 24.9 Å². The second-order valence-electron chi connectivity index (χ2n) is 6.52. The molecule has 0 aliphatic carbocycles. The molecule has 1 aliphatic rings. The van der Waals surface area contributed by atoms with Crippen molar-refractivity contribution in [3.8, 4) is 0 Å². The van der Waals surface area contributed by atoms with E-state index in [2.05, 4.69) is 36.1 Å². The lowest BCUT2D eigenvalue weighted by Gasteiger charge is -2.40. The van der Waals surface area contributed by atoms with Gasteiger partial charge >= 0.3 is 0 Å². The molecule has 2 unspecified atom stereocenters. The summed E-state index contributed by atoms with van der Waals surface area (Å²) in [6, 6.07) is 20.5. The number of ether oxygens (including phenoxy) is 1. The largest absolute Gasteiger partial charge is 1.00 e. The summed E-state index contributed by atoms with van der Waals surface area (Å²) in [6.07, 6.45) is 0.681. The minimum atomic E-state index is -0.874. The van der Waals surface area contributed by atoms with Gasteiger partial charge in [0.05, 0.1) is 18.8 Å². The van der Waals surface area contributed by atoms with Crippen LogP contribution in [0.3, 0.4) is 0 Å². The third-order valence-corrected chi connectivity index (χ3v) is 5.14. The maximum absolute atomic E-state index is 11.7. The highest BCUT2D eigenvalue weighted by Crippen LogP contribution is 2.40. The summed E-state index contributed by atoms with van der Waals surface area (Å²) in [4.78, 5) is 2.41. The van der Waals surface area contributed by atoms with Crippen LogP contribution in [0, 0.1) is 0 Å². The lowest BCUT2D eigenvalue weighted by atomic mass is 9.75. The zero-order valence-electron chi connectivity index (χ0n) is 14.8. The Balaban J connectivity index is 0.00000225. The van der Waals surface area contributed by atoms with Gasteiger partial charge in [-0.15, -0.1) is 0 Å². The molecule has 0 saturated carbocycles. The molecule has 1 heterocycles. The van der Waals surface area contributed by atoms with Crippen molar-refractivity contribution in [2.75, 3.05) is 32.8 Å². The predicted molar refractivity (Wildman–Crippen MR) is 97.1 cm³/mol. The molecule has 25 heavy (non-hydrogen) atoms. The van der Waals surface area contributed by atoms with E-state index < -0.39 is 5.60 Å². The van der Waals surface area contributed by atoms with Crippen LogP contribution in [0.2, 0.25) is 0 Å². The van der Waals surface area contributed by atoms with E-state index in [9.17, 15) is 5.11 Å². The molecule has 1 fully saturated rings. The minimum Gasteiger partial charge on any atom is -1.00 e. The molecule has 4 heteroatoms. The van der Waals surface area contributed by atoms with Gasteiger partial charge in [0.1, 0.15) is 0 Å². The Bertz CT molecular complexity index is 616. The highest BCUT2D eigenvalue weighted by molar-refractivity contribution is 5.31. The third-order valence-electron chi connectivity index (χ3n) is 5.14. The normalized spacial score (nSPS) is 18.8. The Morgan fingerprint density at radius 3 is 2.12 bits per heavy atom. The Hall–Kier alpha value is -1.39. The van der Waals surface area contributed by atoms with E-state index in [1.807, 2.05) is 36.4 Å². The van der Waals surface area contributed by atoms with Crippen molar-refractivity contribution in [3.63, 3.8) is 0 Å². The summed E-state index contributed by atoms with van der Waals surface area (Å²) in [5.41, 5.74) is 1.31. The smallest absolute Gasteiger partial charge is 0.0974 e. The summed E-state index contributed by atoms with van der Waals surface area (Å²) < 4.78 is 5.48. The van der Waals surface area contributed by atoms with Crippen molar-refractivity contribution in [2.24, 2.45) is 0 Å². The van der Waals surface area contributed by atoms with E-state index in [4.69, 9.17) is 4.74 Å². The lowest BCUT2D eigenvalue weighted by molar-refractivity contribution is -0.0250. The van der Waals surface area contributed by atoms with Crippen LogP contribution in [0.15, 0.2) is 60.7 Å².